The van der Waals surface area contributed by atoms with Gasteiger partial charge >= 0.3 is 0 Å². The molecule has 0 fully saturated rings. The summed E-state index contributed by atoms with van der Waals surface area (Å²) in [5, 5.41) is 16.6. The molecule has 0 saturated heterocycles. The molecule has 118 valence electrons. The van der Waals surface area contributed by atoms with Crippen LogP contribution in [0.5, 0.6) is 0 Å². The molecule has 3 rings (SSSR count). The minimum absolute atomic E-state index is 0.458. The number of rotatable bonds is 4. The third-order valence-corrected chi connectivity index (χ3v) is 4.62. The first-order chi connectivity index (χ1) is 11.8. The number of benzene rings is 2. The summed E-state index contributed by atoms with van der Waals surface area (Å²) in [4.78, 5) is 4.48. The topological polar surface area (TPSA) is 60.7 Å². The zero-order valence-corrected chi connectivity index (χ0v) is 14.3. The van der Waals surface area contributed by atoms with Crippen LogP contribution in [0.25, 0.3) is 15.8 Å². The van der Waals surface area contributed by atoms with Gasteiger partial charge in [0.25, 0.3) is 0 Å². The van der Waals surface area contributed by atoms with Gasteiger partial charge in [-0.1, -0.05) is 42.5 Å². The Balaban J connectivity index is 1.65. The smallest absolute Gasteiger partial charge is 0.170 e. The molecule has 0 amide bonds. The number of nitriles is 1. The average Bonchev–Trinajstić information content (AvgIpc) is 3.05. The van der Waals surface area contributed by atoms with Gasteiger partial charge in [0.05, 0.1) is 10.2 Å². The highest BCUT2D eigenvalue weighted by Gasteiger charge is 2.08. The second-order valence-corrected chi connectivity index (χ2v) is 6.41. The molecule has 0 bridgehead atoms. The zero-order chi connectivity index (χ0) is 16.8. The molecule has 0 saturated carbocycles. The Morgan fingerprint density at radius 2 is 1.92 bits per heavy atom. The van der Waals surface area contributed by atoms with Crippen molar-refractivity contribution < 1.29 is 0 Å². The monoisotopic (exact) mass is 350 g/mol. The van der Waals surface area contributed by atoms with E-state index in [2.05, 4.69) is 21.7 Å². The van der Waals surface area contributed by atoms with Crippen LogP contribution in [0.2, 0.25) is 0 Å². The van der Waals surface area contributed by atoms with Crippen LogP contribution in [-0.2, 0) is 6.54 Å². The van der Waals surface area contributed by atoms with Gasteiger partial charge in [0.1, 0.15) is 16.6 Å². The maximum Gasteiger partial charge on any atom is 0.170 e. The number of thiocarbonyl (C=S) groups is 1. The molecule has 0 spiro atoms. The molecular weight excluding hydrogens is 336 g/mol. The Labute approximate surface area is 149 Å². The van der Waals surface area contributed by atoms with Crippen molar-refractivity contribution in [3.8, 4) is 6.07 Å². The van der Waals surface area contributed by atoms with E-state index < -0.39 is 0 Å². The lowest BCUT2D eigenvalue weighted by atomic mass is 10.2. The summed E-state index contributed by atoms with van der Waals surface area (Å²) in [6.07, 6.45) is 1.60. The van der Waals surface area contributed by atoms with Gasteiger partial charge in [-0.25, -0.2) is 4.98 Å². The third-order valence-electron chi connectivity index (χ3n) is 3.29. The van der Waals surface area contributed by atoms with E-state index in [-0.39, 0.29) is 0 Å². The normalized spacial score (nSPS) is 11.0. The van der Waals surface area contributed by atoms with Crippen molar-refractivity contribution in [3.05, 3.63) is 71.4 Å². The summed E-state index contributed by atoms with van der Waals surface area (Å²) in [5.41, 5.74) is 2.49. The Morgan fingerprint density at radius 3 is 2.67 bits per heavy atom. The number of thiazole rings is 1. The highest BCUT2D eigenvalue weighted by molar-refractivity contribution is 7.80. The second-order valence-electron chi connectivity index (χ2n) is 4.97. The van der Waals surface area contributed by atoms with Crippen LogP contribution in [0.15, 0.2) is 60.8 Å². The molecule has 1 heterocycles. The number of para-hydroxylation sites is 1. The first kappa shape index (κ1) is 16.1. The standard InChI is InChI=1S/C18H14N4S2/c19-10-14(17-22-15-8-4-5-9-16(15)24-17)12-21-18(23)20-11-13-6-2-1-3-7-13/h1-9,12H,11H2,(H2,20,21,23)/b14-12-. The number of nitrogens with zero attached hydrogens (tertiary/aromatic N) is 2. The molecule has 0 aliphatic carbocycles. The summed E-state index contributed by atoms with van der Waals surface area (Å²) in [7, 11) is 0. The van der Waals surface area contributed by atoms with Gasteiger partial charge in [0.2, 0.25) is 0 Å². The zero-order valence-electron chi connectivity index (χ0n) is 12.7. The van der Waals surface area contributed by atoms with Gasteiger partial charge in [-0.3, -0.25) is 0 Å². The van der Waals surface area contributed by atoms with E-state index in [9.17, 15) is 5.26 Å². The first-order valence-electron chi connectivity index (χ1n) is 7.31. The first-order valence-corrected chi connectivity index (χ1v) is 8.53. The lowest BCUT2D eigenvalue weighted by molar-refractivity contribution is 0.901. The number of nitrogens with one attached hydrogen (secondary N) is 2. The summed E-state index contributed by atoms with van der Waals surface area (Å²) >= 11 is 6.73. The second kappa shape index (κ2) is 7.68. The fourth-order valence-corrected chi connectivity index (χ4v) is 3.16. The maximum atomic E-state index is 9.37. The van der Waals surface area contributed by atoms with Crippen LogP contribution in [0.3, 0.4) is 0 Å². The van der Waals surface area contributed by atoms with Crippen LogP contribution >= 0.6 is 23.6 Å². The Hall–Kier alpha value is -2.75. The molecule has 0 aliphatic rings. The molecule has 2 N–H and O–H groups in total. The highest BCUT2D eigenvalue weighted by atomic mass is 32.1. The van der Waals surface area contributed by atoms with Gasteiger partial charge in [0.15, 0.2) is 5.11 Å². The number of hydrogen-bond donors (Lipinski definition) is 2. The summed E-state index contributed by atoms with van der Waals surface area (Å²) in [6, 6.07) is 20.0. The van der Waals surface area contributed by atoms with E-state index in [0.29, 0.717) is 22.2 Å². The number of hydrogen-bond acceptors (Lipinski definition) is 4. The van der Waals surface area contributed by atoms with Crippen LogP contribution in [0.4, 0.5) is 0 Å². The molecule has 0 aliphatic heterocycles. The molecule has 0 radical (unpaired) electrons. The summed E-state index contributed by atoms with van der Waals surface area (Å²) < 4.78 is 1.05. The number of fused-ring (bicyclic) bond motifs is 1. The van der Waals surface area contributed by atoms with Crippen molar-refractivity contribution in [1.82, 2.24) is 15.6 Å². The fourth-order valence-electron chi connectivity index (χ4n) is 2.10. The molecule has 24 heavy (non-hydrogen) atoms. The van der Waals surface area contributed by atoms with Crippen LogP contribution in [-0.4, -0.2) is 10.1 Å². The SMILES string of the molecule is N#C/C(=C/NC(=S)NCc1ccccc1)c1nc2ccccc2s1. The third kappa shape index (κ3) is 3.96. The van der Waals surface area contributed by atoms with Crippen LogP contribution in [0, 0.1) is 11.3 Å². The molecule has 3 aromatic rings. The van der Waals surface area contributed by atoms with Crippen LogP contribution in [0.1, 0.15) is 10.6 Å². The van der Waals surface area contributed by atoms with Crippen molar-refractivity contribution in [3.63, 3.8) is 0 Å². The van der Waals surface area contributed by atoms with Crippen molar-refractivity contribution in [2.24, 2.45) is 0 Å². The van der Waals surface area contributed by atoms with Gasteiger partial charge < -0.3 is 10.6 Å². The van der Waals surface area contributed by atoms with Crippen molar-refractivity contribution in [1.29, 1.82) is 5.26 Å². The predicted octanol–water partition coefficient (Wildman–Crippen LogP) is 3.83. The van der Waals surface area contributed by atoms with E-state index >= 15 is 0 Å². The predicted molar refractivity (Wildman–Crippen MR) is 102 cm³/mol. The van der Waals surface area contributed by atoms with E-state index in [1.54, 1.807) is 6.20 Å². The van der Waals surface area contributed by atoms with Gasteiger partial charge in [-0.2, -0.15) is 5.26 Å². The quantitative estimate of drug-likeness (QED) is 0.553. The lowest BCUT2D eigenvalue weighted by Crippen LogP contribution is -2.31. The maximum absolute atomic E-state index is 9.37. The van der Waals surface area contributed by atoms with Crippen molar-refractivity contribution >= 4 is 44.5 Å². The van der Waals surface area contributed by atoms with Crippen molar-refractivity contribution in [2.45, 2.75) is 6.54 Å². The Bertz CT molecular complexity index is 890. The molecule has 2 aromatic carbocycles. The van der Waals surface area contributed by atoms with Gasteiger partial charge in [-0.05, 0) is 29.9 Å². The summed E-state index contributed by atoms with van der Waals surface area (Å²) in [5.74, 6) is 0. The molecule has 0 unspecified atom stereocenters. The van der Waals surface area contributed by atoms with E-state index in [1.165, 1.54) is 11.3 Å². The summed E-state index contributed by atoms with van der Waals surface area (Å²) in [6.45, 7) is 0.629. The Kier molecular flexibility index (Phi) is 5.16. The minimum Gasteiger partial charge on any atom is -0.358 e. The van der Waals surface area contributed by atoms with Gasteiger partial charge in [-0.15, -0.1) is 11.3 Å². The largest absolute Gasteiger partial charge is 0.358 e. The molecule has 4 nitrogen and oxygen atoms in total. The fraction of sp³-hybridized carbons (Fsp3) is 0.0556. The molecule has 1 aromatic heterocycles. The number of aromatic nitrogens is 1. The Morgan fingerprint density at radius 1 is 1.17 bits per heavy atom. The van der Waals surface area contributed by atoms with E-state index in [1.807, 2.05) is 54.6 Å². The van der Waals surface area contributed by atoms with Gasteiger partial charge in [0, 0.05) is 12.7 Å². The van der Waals surface area contributed by atoms with E-state index in [0.717, 1.165) is 15.8 Å². The minimum atomic E-state index is 0.458. The van der Waals surface area contributed by atoms with Crippen molar-refractivity contribution in [2.75, 3.05) is 0 Å². The molecular formula is C18H14N4S2. The average molecular weight is 350 g/mol. The molecule has 6 heteroatoms. The lowest BCUT2D eigenvalue weighted by Gasteiger charge is -2.07. The number of allylic oxidation sites excluding steroid dienone is 1. The van der Waals surface area contributed by atoms with E-state index in [4.69, 9.17) is 12.2 Å². The highest BCUT2D eigenvalue weighted by Crippen LogP contribution is 2.26. The van der Waals surface area contributed by atoms with Crippen LogP contribution < -0.4 is 10.6 Å². The molecule has 0 atom stereocenters.